The molecule has 5 N–H and O–H groups in total. The lowest BCUT2D eigenvalue weighted by molar-refractivity contribution is -0.590. The second-order valence-corrected chi connectivity index (χ2v) is 20.6. The molecule has 0 bridgehead atoms. The topological polar surface area (TPSA) is 251 Å². The quantitative estimate of drug-likeness (QED) is 0.117. The molecule has 0 spiro atoms. The zero-order valence-electron chi connectivity index (χ0n) is 32.8. The molecule has 0 aromatic heterocycles. The molecule has 3 aliphatic rings. The lowest BCUT2D eigenvalue weighted by Crippen LogP contribution is -2.91. The highest BCUT2D eigenvalue weighted by Crippen LogP contribution is 2.51. The van der Waals surface area contributed by atoms with E-state index in [4.69, 9.17) is 11.2 Å². The molecule has 2 atom stereocenters. The van der Waals surface area contributed by atoms with E-state index in [9.17, 15) is 48.5 Å². The summed E-state index contributed by atoms with van der Waals surface area (Å²) >= 11 is 0. The maximum Gasteiger partial charge on any atom is 0.304 e. The third-order valence-corrected chi connectivity index (χ3v) is 13.1. The van der Waals surface area contributed by atoms with Gasteiger partial charge in [-0.25, -0.2) is 13.4 Å². The Labute approximate surface area is 337 Å². The number of carbonyl (C=O) groups is 2. The molecule has 3 aromatic carbocycles. The Hall–Kier alpha value is -4.84. The fraction of sp³-hybridized carbons (Fsp3) is 0.410. The van der Waals surface area contributed by atoms with Gasteiger partial charge in [0.15, 0.2) is 17.0 Å². The van der Waals surface area contributed by atoms with E-state index in [-0.39, 0.29) is 62.5 Å². The summed E-state index contributed by atoms with van der Waals surface area (Å²) < 4.78 is 118. The molecule has 310 valence electrons. The van der Waals surface area contributed by atoms with Gasteiger partial charge in [-0.2, -0.15) is 16.8 Å². The van der Waals surface area contributed by atoms with Crippen molar-refractivity contribution in [3.63, 3.8) is 0 Å². The van der Waals surface area contributed by atoms with Crippen LogP contribution < -0.4 is 30.9 Å². The molecule has 6 rings (SSSR count). The SMILES string of the molecule is C#CCNC(=O)c1ccc(C2=c3cc4c(c(S(=O)(=O)O)c3Oc3c2cc2c(c3S(=O)(=O)[O-])NC(C)(C)CC2C)=[NH+]C(C)(C)CC4C)c(C(=O)N(C)CCS(=O)(=O)O)c1. The van der Waals surface area contributed by atoms with Crippen LogP contribution in [0.3, 0.4) is 0 Å². The minimum absolute atomic E-state index is 0.00245. The molecule has 3 aliphatic heterocycles. The van der Waals surface area contributed by atoms with Gasteiger partial charge in [-0.1, -0.05) is 25.8 Å². The Kier molecular flexibility index (Phi) is 10.7. The Morgan fingerprint density at radius 3 is 2.24 bits per heavy atom. The maximum atomic E-state index is 14.4. The number of hydrogen-bond donors (Lipinski definition) is 5. The molecule has 3 heterocycles. The van der Waals surface area contributed by atoms with Crippen LogP contribution >= 0.6 is 0 Å². The summed E-state index contributed by atoms with van der Waals surface area (Å²) in [5.74, 6) is -1.89. The van der Waals surface area contributed by atoms with Crippen LogP contribution in [0.4, 0.5) is 5.69 Å². The van der Waals surface area contributed by atoms with Crippen LogP contribution in [0.15, 0.2) is 40.1 Å². The smallest absolute Gasteiger partial charge is 0.304 e. The van der Waals surface area contributed by atoms with Gasteiger partial charge in [-0.15, -0.1) is 6.42 Å². The predicted octanol–water partition coefficient (Wildman–Crippen LogP) is 1.20. The number of fused-ring (bicyclic) bond motifs is 4. The zero-order valence-corrected chi connectivity index (χ0v) is 35.3. The largest absolute Gasteiger partial charge is 0.744 e. The number of amides is 2. The van der Waals surface area contributed by atoms with Gasteiger partial charge in [0.25, 0.3) is 21.9 Å². The van der Waals surface area contributed by atoms with Crippen LogP contribution in [0.2, 0.25) is 0 Å². The first-order valence-electron chi connectivity index (χ1n) is 18.2. The van der Waals surface area contributed by atoms with E-state index in [2.05, 4.69) is 21.5 Å². The van der Waals surface area contributed by atoms with Crippen LogP contribution in [0.25, 0.3) is 5.57 Å². The van der Waals surface area contributed by atoms with E-state index in [1.54, 1.807) is 12.1 Å². The summed E-state index contributed by atoms with van der Waals surface area (Å²) in [7, 11) is -13.9. The highest BCUT2D eigenvalue weighted by Gasteiger charge is 2.42. The van der Waals surface area contributed by atoms with Crippen LogP contribution in [-0.2, 0) is 30.4 Å². The lowest BCUT2D eigenvalue weighted by Gasteiger charge is -2.40. The van der Waals surface area contributed by atoms with E-state index >= 15 is 0 Å². The average Bonchev–Trinajstić information content (AvgIpc) is 3.07. The maximum absolute atomic E-state index is 14.4. The summed E-state index contributed by atoms with van der Waals surface area (Å²) in [6.45, 7) is 10.3. The summed E-state index contributed by atoms with van der Waals surface area (Å²) in [5, 5.41) is 5.65. The number of hydrogen-bond acceptors (Lipinski definition) is 11. The minimum Gasteiger partial charge on any atom is -0.744 e. The number of nitrogens with one attached hydrogen (secondary N) is 3. The van der Waals surface area contributed by atoms with Crippen molar-refractivity contribution in [1.29, 1.82) is 0 Å². The van der Waals surface area contributed by atoms with Gasteiger partial charge in [0.1, 0.15) is 15.0 Å². The molecular weight excluding hydrogens is 813 g/mol. The van der Waals surface area contributed by atoms with Crippen LogP contribution in [0, 0.1) is 12.3 Å². The lowest BCUT2D eigenvalue weighted by atomic mass is 9.79. The van der Waals surface area contributed by atoms with Crippen LogP contribution in [0.5, 0.6) is 11.5 Å². The summed E-state index contributed by atoms with van der Waals surface area (Å²) in [4.78, 5) is 30.3. The number of terminal acetylenes is 1. The van der Waals surface area contributed by atoms with Crippen LogP contribution in [0.1, 0.15) is 109 Å². The van der Waals surface area contributed by atoms with E-state index in [0.29, 0.717) is 24.0 Å². The third kappa shape index (κ3) is 8.09. The average molecular weight is 857 g/mol. The number of ether oxygens (including phenoxy) is 1. The number of anilines is 1. The van der Waals surface area contributed by atoms with Crippen LogP contribution in [-0.4, -0.2) is 92.6 Å². The van der Waals surface area contributed by atoms with E-state index < -0.39 is 86.8 Å². The van der Waals surface area contributed by atoms with Crippen molar-refractivity contribution < 1.29 is 58.2 Å². The molecule has 0 aliphatic carbocycles. The van der Waals surface area contributed by atoms with Crippen molar-refractivity contribution in [1.82, 2.24) is 10.2 Å². The highest BCUT2D eigenvalue weighted by atomic mass is 32.2. The molecule has 16 nitrogen and oxygen atoms in total. The Bertz CT molecular complexity index is 2830. The fourth-order valence-electron chi connectivity index (χ4n) is 8.35. The van der Waals surface area contributed by atoms with Gasteiger partial charge >= 0.3 is 10.1 Å². The number of rotatable bonds is 9. The first-order valence-corrected chi connectivity index (χ1v) is 22.6. The predicted molar refractivity (Wildman–Crippen MR) is 210 cm³/mol. The van der Waals surface area contributed by atoms with Gasteiger partial charge in [0, 0.05) is 58.6 Å². The van der Waals surface area contributed by atoms with Gasteiger partial charge in [0.2, 0.25) is 10.3 Å². The zero-order chi connectivity index (χ0) is 43.1. The first-order chi connectivity index (χ1) is 26.6. The fourth-order valence-corrected chi connectivity index (χ4v) is 10.5. The molecule has 58 heavy (non-hydrogen) atoms. The first kappa shape index (κ1) is 42.8. The van der Waals surface area contributed by atoms with Gasteiger partial charge < -0.3 is 24.8 Å². The molecule has 2 amide bonds. The van der Waals surface area contributed by atoms with Gasteiger partial charge in [-0.3, -0.25) is 18.7 Å². The Morgan fingerprint density at radius 2 is 1.64 bits per heavy atom. The molecule has 19 heteroatoms. The molecule has 0 fully saturated rings. The number of nitrogens with zero attached hydrogens (tertiary/aromatic N) is 1. The second kappa shape index (κ2) is 14.5. The molecule has 0 saturated heterocycles. The van der Waals surface area contributed by atoms with Gasteiger partial charge in [0.05, 0.1) is 18.0 Å². The molecule has 2 unspecified atom stereocenters. The van der Waals surface area contributed by atoms with Crippen molar-refractivity contribution in [2.45, 2.75) is 87.1 Å². The monoisotopic (exact) mass is 856 g/mol. The van der Waals surface area contributed by atoms with E-state index in [0.717, 1.165) is 4.90 Å². The molecule has 0 saturated carbocycles. The molecule has 0 radical (unpaired) electrons. The Morgan fingerprint density at radius 1 is 0.983 bits per heavy atom. The molecular formula is C39H44N4O12S3. The number of carbonyl (C=O) groups excluding carboxylic acids is 2. The standard InChI is InChI=1S/C39H44N4O12S3/c1-9-12-40-36(44)22-10-11-23(26(15-22)37(45)43(8)13-14-56(46,47)48)29-27-16-24-20(2)18-38(4,5)41-30(24)34(57(49,50)51)32(27)55-33-28(29)17-25-21(3)19-39(6,7)42-31(25)35(33)58(52,53)54/h1,10-11,15-17,20-21,41H,12-14,18-19H2,2-8H3,(H,40,44)(H,46,47,48)(H,49,50,51)(H,52,53,54). The second-order valence-electron chi connectivity index (χ2n) is 16.4. The van der Waals surface area contributed by atoms with Crippen molar-refractivity contribution in [3.05, 3.63) is 74.3 Å². The van der Waals surface area contributed by atoms with Crippen molar-refractivity contribution in [2.75, 3.05) is 31.2 Å². The highest BCUT2D eigenvalue weighted by molar-refractivity contribution is 7.86. The summed E-state index contributed by atoms with van der Waals surface area (Å²) in [6, 6.07) is 7.15. The molecule has 3 aromatic rings. The van der Waals surface area contributed by atoms with Gasteiger partial charge in [-0.05, 0) is 81.3 Å². The van der Waals surface area contributed by atoms with Crippen molar-refractivity contribution >= 4 is 53.4 Å². The van der Waals surface area contributed by atoms with Crippen molar-refractivity contribution in [2.24, 2.45) is 0 Å². The summed E-state index contributed by atoms with van der Waals surface area (Å²) in [5.41, 5.74) is -0.949. The van der Waals surface area contributed by atoms with E-state index in [1.165, 1.54) is 25.2 Å². The normalized spacial score (nSPS) is 19.1. The Balaban J connectivity index is 1.86. The minimum atomic E-state index is -5.45. The third-order valence-electron chi connectivity index (χ3n) is 10.6. The summed E-state index contributed by atoms with van der Waals surface area (Å²) in [6.07, 6.45) is 6.34. The number of benzene rings is 3. The van der Waals surface area contributed by atoms with E-state index in [1.807, 2.05) is 41.5 Å². The van der Waals surface area contributed by atoms with Crippen molar-refractivity contribution in [3.8, 4) is 23.8 Å².